The lowest BCUT2D eigenvalue weighted by Gasteiger charge is -2.25. The van der Waals surface area contributed by atoms with Gasteiger partial charge in [-0.2, -0.15) is 0 Å². The first-order chi connectivity index (χ1) is 8.12. The lowest BCUT2D eigenvalue weighted by atomic mass is 9.99. The molecule has 1 heterocycles. The van der Waals surface area contributed by atoms with Crippen molar-refractivity contribution < 1.29 is 8.42 Å². The molecule has 86 valence electrons. The van der Waals surface area contributed by atoms with Crippen LogP contribution in [0.25, 0.3) is 0 Å². The first-order valence-electron chi connectivity index (χ1n) is 5.31. The zero-order chi connectivity index (χ0) is 12.0. The SMILES string of the molecule is NC1c2ccccc2S(=O)(=O)c2ccccc21. The van der Waals surface area contributed by atoms with Crippen LogP contribution < -0.4 is 5.73 Å². The molecule has 0 spiro atoms. The largest absolute Gasteiger partial charge is 0.320 e. The lowest BCUT2D eigenvalue weighted by Crippen LogP contribution is -2.23. The number of fused-ring (bicyclic) bond motifs is 2. The molecular weight excluding hydrogens is 234 g/mol. The minimum Gasteiger partial charge on any atom is -0.320 e. The third-order valence-electron chi connectivity index (χ3n) is 3.09. The highest BCUT2D eigenvalue weighted by molar-refractivity contribution is 7.91. The summed E-state index contributed by atoms with van der Waals surface area (Å²) in [5, 5.41) is 0. The van der Waals surface area contributed by atoms with Crippen molar-refractivity contribution >= 4 is 9.84 Å². The highest BCUT2D eigenvalue weighted by atomic mass is 32.2. The summed E-state index contributed by atoms with van der Waals surface area (Å²) >= 11 is 0. The molecule has 0 amide bonds. The van der Waals surface area contributed by atoms with Gasteiger partial charge in [-0.25, -0.2) is 8.42 Å². The lowest BCUT2D eigenvalue weighted by molar-refractivity contribution is 0.587. The minimum atomic E-state index is -3.41. The summed E-state index contributed by atoms with van der Waals surface area (Å²) in [5.74, 6) is 0. The van der Waals surface area contributed by atoms with Crippen LogP contribution in [0.4, 0.5) is 0 Å². The second-order valence-corrected chi connectivity index (χ2v) is 5.94. The summed E-state index contributed by atoms with van der Waals surface area (Å²) in [5.41, 5.74) is 7.46. The monoisotopic (exact) mass is 245 g/mol. The number of hydrogen-bond acceptors (Lipinski definition) is 3. The maximum Gasteiger partial charge on any atom is 0.207 e. The van der Waals surface area contributed by atoms with Crippen LogP contribution in [0.15, 0.2) is 58.3 Å². The standard InChI is InChI=1S/C13H11NO2S/c14-13-9-5-1-3-7-11(9)17(15,16)12-8-4-2-6-10(12)13/h1-8,13H,14H2. The number of hydrogen-bond donors (Lipinski definition) is 1. The third kappa shape index (κ3) is 1.34. The van der Waals surface area contributed by atoms with Crippen molar-refractivity contribution in [1.82, 2.24) is 0 Å². The van der Waals surface area contributed by atoms with E-state index in [4.69, 9.17) is 5.73 Å². The third-order valence-corrected chi connectivity index (χ3v) is 4.99. The van der Waals surface area contributed by atoms with E-state index in [9.17, 15) is 8.42 Å². The van der Waals surface area contributed by atoms with Gasteiger partial charge in [0.2, 0.25) is 9.84 Å². The molecule has 0 radical (unpaired) electrons. The molecule has 3 rings (SSSR count). The zero-order valence-electron chi connectivity index (χ0n) is 9.00. The molecule has 4 heteroatoms. The van der Waals surface area contributed by atoms with E-state index in [2.05, 4.69) is 0 Å². The van der Waals surface area contributed by atoms with Gasteiger partial charge in [0.05, 0.1) is 15.8 Å². The van der Waals surface area contributed by atoms with E-state index < -0.39 is 9.84 Å². The average molecular weight is 245 g/mol. The fraction of sp³-hybridized carbons (Fsp3) is 0.0769. The summed E-state index contributed by atoms with van der Waals surface area (Å²) in [6, 6.07) is 13.5. The molecule has 0 aromatic heterocycles. The number of rotatable bonds is 0. The van der Waals surface area contributed by atoms with Gasteiger partial charge in [0.15, 0.2) is 0 Å². The quantitative estimate of drug-likeness (QED) is 0.771. The van der Waals surface area contributed by atoms with Crippen molar-refractivity contribution in [1.29, 1.82) is 0 Å². The van der Waals surface area contributed by atoms with Gasteiger partial charge in [-0.3, -0.25) is 0 Å². The van der Waals surface area contributed by atoms with Crippen LogP contribution in [0.3, 0.4) is 0 Å². The fourth-order valence-corrected chi connectivity index (χ4v) is 4.01. The van der Waals surface area contributed by atoms with E-state index in [1.807, 2.05) is 12.1 Å². The molecule has 2 N–H and O–H groups in total. The molecule has 3 nitrogen and oxygen atoms in total. The molecule has 0 fully saturated rings. The van der Waals surface area contributed by atoms with Crippen molar-refractivity contribution in [2.45, 2.75) is 15.8 Å². The van der Waals surface area contributed by atoms with E-state index in [0.29, 0.717) is 20.9 Å². The Labute approximate surface area is 99.8 Å². The minimum absolute atomic E-state index is 0.325. The number of nitrogens with two attached hydrogens (primary N) is 1. The second-order valence-electron chi connectivity index (χ2n) is 4.06. The summed E-state index contributed by atoms with van der Waals surface area (Å²) in [7, 11) is -3.41. The van der Waals surface area contributed by atoms with E-state index >= 15 is 0 Å². The number of benzene rings is 2. The van der Waals surface area contributed by atoms with Gasteiger partial charge in [-0.15, -0.1) is 0 Å². The van der Waals surface area contributed by atoms with Crippen molar-refractivity contribution in [3.05, 3.63) is 59.7 Å². The molecule has 0 aliphatic carbocycles. The smallest absolute Gasteiger partial charge is 0.207 e. The molecule has 1 aliphatic heterocycles. The average Bonchev–Trinajstić information content (AvgIpc) is 2.37. The predicted molar refractivity (Wildman–Crippen MR) is 64.4 cm³/mol. The Morgan fingerprint density at radius 3 is 1.71 bits per heavy atom. The highest BCUT2D eigenvalue weighted by Gasteiger charge is 2.32. The molecule has 0 saturated carbocycles. The van der Waals surface area contributed by atoms with Gasteiger partial charge in [-0.1, -0.05) is 36.4 Å². The summed E-state index contributed by atoms with van der Waals surface area (Å²) in [4.78, 5) is 0.650. The Balaban J connectivity index is 2.42. The molecule has 2 aromatic rings. The van der Waals surface area contributed by atoms with E-state index in [-0.39, 0.29) is 6.04 Å². The molecule has 0 saturated heterocycles. The van der Waals surface area contributed by atoms with Gasteiger partial charge >= 0.3 is 0 Å². The summed E-state index contributed by atoms with van der Waals surface area (Å²) < 4.78 is 24.8. The normalized spacial score (nSPS) is 17.2. The van der Waals surface area contributed by atoms with Crippen LogP contribution in [0, 0.1) is 0 Å². The maximum absolute atomic E-state index is 12.4. The summed E-state index contributed by atoms with van der Waals surface area (Å²) in [6.45, 7) is 0. The molecule has 2 aromatic carbocycles. The molecular formula is C13H11NO2S. The van der Waals surface area contributed by atoms with Crippen LogP contribution >= 0.6 is 0 Å². The van der Waals surface area contributed by atoms with E-state index in [1.54, 1.807) is 36.4 Å². The van der Waals surface area contributed by atoms with Crippen molar-refractivity contribution in [2.75, 3.05) is 0 Å². The van der Waals surface area contributed by atoms with Crippen LogP contribution in [0.2, 0.25) is 0 Å². The van der Waals surface area contributed by atoms with E-state index in [0.717, 1.165) is 0 Å². The van der Waals surface area contributed by atoms with Crippen molar-refractivity contribution in [3.63, 3.8) is 0 Å². The Hall–Kier alpha value is -1.65. The van der Waals surface area contributed by atoms with Crippen LogP contribution in [0.5, 0.6) is 0 Å². The fourth-order valence-electron chi connectivity index (χ4n) is 2.25. The Morgan fingerprint density at radius 2 is 1.24 bits per heavy atom. The Bertz CT molecular complexity index is 639. The topological polar surface area (TPSA) is 60.2 Å². The van der Waals surface area contributed by atoms with Gasteiger partial charge in [-0.05, 0) is 23.3 Å². The first-order valence-corrected chi connectivity index (χ1v) is 6.79. The van der Waals surface area contributed by atoms with Crippen molar-refractivity contribution in [3.8, 4) is 0 Å². The second kappa shape index (κ2) is 3.42. The van der Waals surface area contributed by atoms with Crippen LogP contribution in [-0.2, 0) is 9.84 Å². The highest BCUT2D eigenvalue weighted by Crippen LogP contribution is 2.38. The van der Waals surface area contributed by atoms with E-state index in [1.165, 1.54) is 0 Å². The molecule has 0 atom stereocenters. The van der Waals surface area contributed by atoms with Crippen LogP contribution in [-0.4, -0.2) is 8.42 Å². The number of sulfone groups is 1. The molecule has 17 heavy (non-hydrogen) atoms. The Morgan fingerprint density at radius 1 is 0.824 bits per heavy atom. The molecule has 1 aliphatic rings. The zero-order valence-corrected chi connectivity index (χ0v) is 9.81. The van der Waals surface area contributed by atoms with Gasteiger partial charge in [0.1, 0.15) is 0 Å². The van der Waals surface area contributed by atoms with Gasteiger partial charge < -0.3 is 5.73 Å². The molecule has 0 unspecified atom stereocenters. The Kier molecular flexibility index (Phi) is 2.11. The molecule has 0 bridgehead atoms. The maximum atomic E-state index is 12.4. The first kappa shape index (κ1) is 10.5. The van der Waals surface area contributed by atoms with Gasteiger partial charge in [0, 0.05) is 0 Å². The van der Waals surface area contributed by atoms with Crippen molar-refractivity contribution in [2.24, 2.45) is 5.73 Å². The predicted octanol–water partition coefficient (Wildman–Crippen LogP) is 1.88. The van der Waals surface area contributed by atoms with Crippen LogP contribution in [0.1, 0.15) is 17.2 Å². The van der Waals surface area contributed by atoms with Gasteiger partial charge in [0.25, 0.3) is 0 Å². The summed E-state index contributed by atoms with van der Waals surface area (Å²) in [6.07, 6.45) is 0.